The van der Waals surface area contributed by atoms with Crippen molar-refractivity contribution in [3.63, 3.8) is 0 Å². The van der Waals surface area contributed by atoms with E-state index < -0.39 is 0 Å². The van der Waals surface area contributed by atoms with E-state index in [1.54, 1.807) is 18.3 Å². The highest BCUT2D eigenvalue weighted by Crippen LogP contribution is 2.22. The fraction of sp³-hybridized carbons (Fsp3) is 0.643. The first-order valence-corrected chi connectivity index (χ1v) is 12.9. The smallest absolute Gasteiger partial charge is 0.337 e. The number of hydrogen-bond acceptors (Lipinski definition) is 3. The molecule has 0 aliphatic carbocycles. The van der Waals surface area contributed by atoms with E-state index in [0.717, 1.165) is 29.3 Å². The van der Waals surface area contributed by atoms with E-state index in [1.165, 1.54) is 90.6 Å². The van der Waals surface area contributed by atoms with Crippen molar-refractivity contribution < 1.29 is 14.3 Å². The van der Waals surface area contributed by atoms with Crippen LogP contribution in [0.15, 0.2) is 24.4 Å². The number of H-pyrrole nitrogens is 1. The molecule has 0 aliphatic rings. The van der Waals surface area contributed by atoms with Crippen LogP contribution in [0.2, 0.25) is 0 Å². The van der Waals surface area contributed by atoms with Crippen LogP contribution in [-0.2, 0) is 4.74 Å². The Bertz CT molecular complexity index is 808. The highest BCUT2D eigenvalue weighted by Gasteiger charge is 2.14. The number of fused-ring (bicyclic) bond motifs is 1. The number of carbonyl (C=O) groups excluding carboxylic acids is 2. The predicted molar refractivity (Wildman–Crippen MR) is 134 cm³/mol. The first kappa shape index (κ1) is 26.2. The van der Waals surface area contributed by atoms with Gasteiger partial charge in [-0.1, -0.05) is 103 Å². The SMILES string of the molecule is CCCCCCCCCCCCCCCCCC(=O)c1c[nH]c2cc(C(=O)OC)ccc12. The minimum Gasteiger partial charge on any atom is -0.465 e. The monoisotopic (exact) mass is 441 g/mol. The van der Waals surface area contributed by atoms with E-state index in [2.05, 4.69) is 11.9 Å². The van der Waals surface area contributed by atoms with Crippen LogP contribution in [0.1, 0.15) is 130 Å². The lowest BCUT2D eigenvalue weighted by Crippen LogP contribution is -2.01. The molecular weight excluding hydrogens is 398 g/mol. The lowest BCUT2D eigenvalue weighted by molar-refractivity contribution is 0.0600. The summed E-state index contributed by atoms with van der Waals surface area (Å²) in [6, 6.07) is 5.29. The molecule has 4 heteroatoms. The molecule has 2 rings (SSSR count). The highest BCUT2D eigenvalue weighted by atomic mass is 16.5. The van der Waals surface area contributed by atoms with Gasteiger partial charge in [-0.2, -0.15) is 0 Å². The normalized spacial score (nSPS) is 11.2. The first-order valence-electron chi connectivity index (χ1n) is 12.9. The average Bonchev–Trinajstić information content (AvgIpc) is 3.24. The number of carbonyl (C=O) groups is 2. The van der Waals surface area contributed by atoms with Crippen molar-refractivity contribution in [2.75, 3.05) is 7.11 Å². The third-order valence-corrected chi connectivity index (χ3v) is 6.41. The van der Waals surface area contributed by atoms with Gasteiger partial charge in [-0.15, -0.1) is 0 Å². The number of aromatic nitrogens is 1. The molecule has 0 aliphatic heterocycles. The van der Waals surface area contributed by atoms with Crippen LogP contribution >= 0.6 is 0 Å². The Kier molecular flexibility index (Phi) is 12.8. The number of rotatable bonds is 18. The Hall–Kier alpha value is -2.10. The minimum absolute atomic E-state index is 0.178. The van der Waals surface area contributed by atoms with Gasteiger partial charge in [-0.3, -0.25) is 4.79 Å². The van der Waals surface area contributed by atoms with Gasteiger partial charge in [0, 0.05) is 29.1 Å². The molecule has 178 valence electrons. The Morgan fingerprint density at radius 2 is 1.31 bits per heavy atom. The second-order valence-electron chi connectivity index (χ2n) is 9.08. The van der Waals surface area contributed by atoms with Crippen molar-refractivity contribution in [1.82, 2.24) is 4.98 Å². The number of Topliss-reactive ketones (excluding diaryl/α,β-unsaturated/α-hetero) is 1. The average molecular weight is 442 g/mol. The lowest BCUT2D eigenvalue weighted by atomic mass is 10.0. The third kappa shape index (κ3) is 9.18. The molecule has 4 nitrogen and oxygen atoms in total. The second-order valence-corrected chi connectivity index (χ2v) is 9.08. The summed E-state index contributed by atoms with van der Waals surface area (Å²) >= 11 is 0. The van der Waals surface area contributed by atoms with E-state index in [4.69, 9.17) is 4.74 Å². The number of ketones is 1. The molecule has 0 saturated heterocycles. The molecule has 0 radical (unpaired) electrons. The van der Waals surface area contributed by atoms with Crippen LogP contribution in [0.25, 0.3) is 10.9 Å². The molecule has 1 heterocycles. The molecule has 1 N–H and O–H groups in total. The van der Waals surface area contributed by atoms with Gasteiger partial charge in [0.2, 0.25) is 0 Å². The van der Waals surface area contributed by atoms with E-state index in [-0.39, 0.29) is 11.8 Å². The Balaban J connectivity index is 1.51. The fourth-order valence-corrected chi connectivity index (χ4v) is 4.39. The summed E-state index contributed by atoms with van der Waals surface area (Å²) in [6.45, 7) is 2.27. The molecule has 2 aromatic rings. The van der Waals surface area contributed by atoms with Gasteiger partial charge in [0.25, 0.3) is 0 Å². The molecule has 0 atom stereocenters. The zero-order chi connectivity index (χ0) is 23.0. The molecule has 1 aromatic heterocycles. The maximum Gasteiger partial charge on any atom is 0.337 e. The summed E-state index contributed by atoms with van der Waals surface area (Å²) in [6.07, 6.45) is 22.2. The van der Waals surface area contributed by atoms with Crippen molar-refractivity contribution in [1.29, 1.82) is 0 Å². The minimum atomic E-state index is -0.368. The van der Waals surface area contributed by atoms with Crippen LogP contribution < -0.4 is 0 Å². The van der Waals surface area contributed by atoms with Crippen LogP contribution in [0.3, 0.4) is 0 Å². The van der Waals surface area contributed by atoms with Crippen LogP contribution in [0.5, 0.6) is 0 Å². The number of aromatic amines is 1. The summed E-state index contributed by atoms with van der Waals surface area (Å²) < 4.78 is 4.76. The first-order chi connectivity index (χ1) is 15.7. The summed E-state index contributed by atoms with van der Waals surface area (Å²) in [5.41, 5.74) is 2.01. The van der Waals surface area contributed by atoms with Crippen LogP contribution in [0, 0.1) is 0 Å². The van der Waals surface area contributed by atoms with Crippen molar-refractivity contribution in [3.05, 3.63) is 35.5 Å². The number of benzene rings is 1. The molecule has 0 spiro atoms. The van der Waals surface area contributed by atoms with Crippen LogP contribution in [0.4, 0.5) is 0 Å². The summed E-state index contributed by atoms with van der Waals surface area (Å²) in [7, 11) is 1.37. The molecular formula is C28H43NO3. The lowest BCUT2D eigenvalue weighted by Gasteiger charge is -2.04. The maximum atomic E-state index is 12.6. The number of nitrogens with one attached hydrogen (secondary N) is 1. The molecule has 0 unspecified atom stereocenters. The van der Waals surface area contributed by atoms with E-state index in [1.807, 2.05) is 6.07 Å². The van der Waals surface area contributed by atoms with Crippen molar-refractivity contribution in [2.45, 2.75) is 110 Å². The standard InChI is InChI=1S/C28H43NO3/c1-3-4-5-6-7-8-9-10-11-12-13-14-15-16-17-18-27(30)25-22-29-26-21-23(28(31)32-2)19-20-24(25)26/h19-22,29H,3-18H2,1-2H3. The van der Waals surface area contributed by atoms with Crippen molar-refractivity contribution >= 4 is 22.7 Å². The predicted octanol–water partition coefficient (Wildman–Crippen LogP) is 8.40. The molecule has 0 amide bonds. The number of ether oxygens (including phenoxy) is 1. The zero-order valence-electron chi connectivity index (χ0n) is 20.3. The Morgan fingerprint density at radius 1 is 0.781 bits per heavy atom. The summed E-state index contributed by atoms with van der Waals surface area (Å²) in [5, 5.41) is 0.878. The Labute approximate surface area is 194 Å². The van der Waals surface area contributed by atoms with Gasteiger partial charge in [-0.25, -0.2) is 4.79 Å². The fourth-order valence-electron chi connectivity index (χ4n) is 4.39. The molecule has 0 fully saturated rings. The van der Waals surface area contributed by atoms with Gasteiger partial charge in [-0.05, 0) is 18.6 Å². The van der Waals surface area contributed by atoms with Gasteiger partial charge in [0.15, 0.2) is 5.78 Å². The van der Waals surface area contributed by atoms with Gasteiger partial charge >= 0.3 is 5.97 Å². The van der Waals surface area contributed by atoms with E-state index in [0.29, 0.717) is 12.0 Å². The summed E-state index contributed by atoms with van der Waals surface area (Å²) in [4.78, 5) is 27.4. The quantitative estimate of drug-likeness (QED) is 0.143. The van der Waals surface area contributed by atoms with Gasteiger partial charge < -0.3 is 9.72 Å². The van der Waals surface area contributed by atoms with E-state index >= 15 is 0 Å². The number of unbranched alkanes of at least 4 members (excludes halogenated alkanes) is 14. The molecule has 0 saturated carbocycles. The number of methoxy groups -OCH3 is 1. The van der Waals surface area contributed by atoms with Crippen molar-refractivity contribution in [2.24, 2.45) is 0 Å². The maximum absolute atomic E-state index is 12.6. The molecule has 1 aromatic carbocycles. The number of esters is 1. The van der Waals surface area contributed by atoms with Gasteiger partial charge in [0.05, 0.1) is 12.7 Å². The largest absolute Gasteiger partial charge is 0.465 e. The molecule has 32 heavy (non-hydrogen) atoms. The zero-order valence-corrected chi connectivity index (χ0v) is 20.3. The third-order valence-electron chi connectivity index (χ3n) is 6.41. The second kappa shape index (κ2) is 15.7. The van der Waals surface area contributed by atoms with Crippen LogP contribution in [-0.4, -0.2) is 23.8 Å². The number of hydrogen-bond donors (Lipinski definition) is 1. The Morgan fingerprint density at radius 3 is 1.84 bits per heavy atom. The summed E-state index contributed by atoms with van der Waals surface area (Å²) in [5.74, 6) is -0.191. The topological polar surface area (TPSA) is 59.2 Å². The van der Waals surface area contributed by atoms with Gasteiger partial charge in [0.1, 0.15) is 0 Å². The van der Waals surface area contributed by atoms with Crippen molar-refractivity contribution in [3.8, 4) is 0 Å². The molecule has 0 bridgehead atoms. The van der Waals surface area contributed by atoms with E-state index in [9.17, 15) is 9.59 Å². The highest BCUT2D eigenvalue weighted by molar-refractivity contribution is 6.08.